The van der Waals surface area contributed by atoms with E-state index >= 15 is 0 Å². The molecule has 3 unspecified atom stereocenters. The summed E-state index contributed by atoms with van der Waals surface area (Å²) in [6.45, 7) is 7.22. The lowest BCUT2D eigenvalue weighted by molar-refractivity contribution is -0.953. The second-order valence-corrected chi connectivity index (χ2v) is 4.76. The first-order valence-corrected chi connectivity index (χ1v) is 5.51. The molecule has 0 amide bonds. The van der Waals surface area contributed by atoms with Gasteiger partial charge in [0.25, 0.3) is 0 Å². The van der Waals surface area contributed by atoms with E-state index < -0.39 is 0 Å². The Bertz CT molecular complexity index is 183. The fraction of sp³-hybridized carbons (Fsp3) is 1.00. The second kappa shape index (κ2) is 2.46. The minimum Gasteiger partial charge on any atom is -0.308 e. The maximum atomic E-state index is 2.75. The molecular formula is C10H19N2+. The van der Waals surface area contributed by atoms with Gasteiger partial charge in [-0.1, -0.05) is 0 Å². The van der Waals surface area contributed by atoms with Crippen LogP contribution in [0.15, 0.2) is 0 Å². The van der Waals surface area contributed by atoms with Crippen LogP contribution in [-0.4, -0.2) is 48.3 Å². The summed E-state index contributed by atoms with van der Waals surface area (Å²) in [7, 11) is 0. The van der Waals surface area contributed by atoms with Crippen LogP contribution in [0, 0.1) is 0 Å². The predicted molar refractivity (Wildman–Crippen MR) is 48.7 cm³/mol. The molecule has 0 radical (unpaired) electrons. The molecule has 3 saturated heterocycles. The lowest BCUT2D eigenvalue weighted by Gasteiger charge is -2.47. The zero-order chi connectivity index (χ0) is 8.02. The first kappa shape index (κ1) is 7.34. The lowest BCUT2D eigenvalue weighted by atomic mass is 10.0. The number of hydrogen-bond acceptors (Lipinski definition) is 1. The van der Waals surface area contributed by atoms with Gasteiger partial charge in [0.2, 0.25) is 0 Å². The Kier molecular flexibility index (Phi) is 1.50. The van der Waals surface area contributed by atoms with Crippen molar-refractivity contribution in [3.63, 3.8) is 0 Å². The molecule has 2 nitrogen and oxygen atoms in total. The highest BCUT2D eigenvalue weighted by molar-refractivity contribution is 4.79. The molecule has 3 aliphatic heterocycles. The van der Waals surface area contributed by atoms with Gasteiger partial charge in [0.1, 0.15) is 6.17 Å². The molecule has 0 aromatic rings. The van der Waals surface area contributed by atoms with Crippen LogP contribution in [0.5, 0.6) is 0 Å². The fourth-order valence-corrected chi connectivity index (χ4v) is 3.67. The van der Waals surface area contributed by atoms with Gasteiger partial charge in [0.05, 0.1) is 26.2 Å². The van der Waals surface area contributed by atoms with Crippen LogP contribution in [-0.2, 0) is 0 Å². The molecule has 3 atom stereocenters. The third-order valence-corrected chi connectivity index (χ3v) is 4.25. The van der Waals surface area contributed by atoms with Crippen molar-refractivity contribution in [3.05, 3.63) is 0 Å². The molecule has 2 bridgehead atoms. The van der Waals surface area contributed by atoms with Gasteiger partial charge in [0, 0.05) is 19.4 Å². The van der Waals surface area contributed by atoms with Crippen LogP contribution in [0.1, 0.15) is 25.7 Å². The van der Waals surface area contributed by atoms with Crippen molar-refractivity contribution < 1.29 is 4.48 Å². The van der Waals surface area contributed by atoms with Crippen LogP contribution >= 0.6 is 0 Å². The van der Waals surface area contributed by atoms with Gasteiger partial charge in [-0.05, 0) is 12.8 Å². The molecule has 2 heteroatoms. The summed E-state index contributed by atoms with van der Waals surface area (Å²) in [5, 5.41) is 0. The first-order valence-electron chi connectivity index (χ1n) is 5.51. The molecule has 68 valence electrons. The highest BCUT2D eigenvalue weighted by Crippen LogP contribution is 2.36. The summed E-state index contributed by atoms with van der Waals surface area (Å²) in [6.07, 6.45) is 6.87. The Morgan fingerprint density at radius 2 is 1.83 bits per heavy atom. The maximum Gasteiger partial charge on any atom is 0.145 e. The maximum absolute atomic E-state index is 2.75. The van der Waals surface area contributed by atoms with Gasteiger partial charge in [0.15, 0.2) is 0 Å². The summed E-state index contributed by atoms with van der Waals surface area (Å²) in [4.78, 5) is 2.75. The molecule has 12 heavy (non-hydrogen) atoms. The minimum absolute atomic E-state index is 0.951. The number of quaternary nitrogens is 1. The van der Waals surface area contributed by atoms with Crippen LogP contribution in [0.2, 0.25) is 0 Å². The van der Waals surface area contributed by atoms with Gasteiger partial charge in [-0.3, -0.25) is 0 Å². The summed E-state index contributed by atoms with van der Waals surface area (Å²) in [5.41, 5.74) is 0. The van der Waals surface area contributed by atoms with E-state index in [9.17, 15) is 0 Å². The van der Waals surface area contributed by atoms with E-state index in [1.807, 2.05) is 0 Å². The molecule has 3 aliphatic rings. The number of rotatable bonds is 0. The number of piperidine rings is 1. The van der Waals surface area contributed by atoms with Crippen LogP contribution in [0.3, 0.4) is 0 Å². The fourth-order valence-electron chi connectivity index (χ4n) is 3.67. The molecule has 3 heterocycles. The molecule has 0 aromatic heterocycles. The third kappa shape index (κ3) is 0.826. The lowest BCUT2D eigenvalue weighted by Crippen LogP contribution is -2.61. The largest absolute Gasteiger partial charge is 0.308 e. The monoisotopic (exact) mass is 167 g/mol. The molecule has 3 fully saturated rings. The minimum atomic E-state index is 0.951. The molecular weight excluding hydrogens is 148 g/mol. The van der Waals surface area contributed by atoms with Crippen molar-refractivity contribution in [3.8, 4) is 0 Å². The Morgan fingerprint density at radius 1 is 0.917 bits per heavy atom. The molecule has 0 aromatic carbocycles. The van der Waals surface area contributed by atoms with Crippen molar-refractivity contribution in [2.45, 2.75) is 31.8 Å². The summed E-state index contributed by atoms with van der Waals surface area (Å²) >= 11 is 0. The smallest absolute Gasteiger partial charge is 0.145 e. The molecule has 0 spiro atoms. The summed E-state index contributed by atoms with van der Waals surface area (Å²) in [5.74, 6) is 0. The van der Waals surface area contributed by atoms with E-state index in [0.29, 0.717) is 0 Å². The van der Waals surface area contributed by atoms with E-state index in [1.54, 1.807) is 0 Å². The normalized spacial score (nSPS) is 52.0. The Morgan fingerprint density at radius 3 is 2.75 bits per heavy atom. The van der Waals surface area contributed by atoms with Gasteiger partial charge >= 0.3 is 0 Å². The van der Waals surface area contributed by atoms with Gasteiger partial charge in [-0.2, -0.15) is 0 Å². The van der Waals surface area contributed by atoms with Gasteiger partial charge in [-0.15, -0.1) is 0 Å². The van der Waals surface area contributed by atoms with E-state index in [0.717, 1.165) is 6.17 Å². The quantitative estimate of drug-likeness (QED) is 0.487. The van der Waals surface area contributed by atoms with E-state index in [-0.39, 0.29) is 0 Å². The molecule has 0 saturated carbocycles. The van der Waals surface area contributed by atoms with Crippen LogP contribution in [0.25, 0.3) is 0 Å². The first-order chi connectivity index (χ1) is 5.91. The third-order valence-electron chi connectivity index (χ3n) is 4.25. The van der Waals surface area contributed by atoms with E-state index in [2.05, 4.69) is 4.90 Å². The Hall–Kier alpha value is -0.0800. The van der Waals surface area contributed by atoms with Crippen molar-refractivity contribution >= 4 is 0 Å². The predicted octanol–water partition coefficient (Wildman–Crippen LogP) is 1.03. The average Bonchev–Trinajstić information content (AvgIpc) is 2.35. The second-order valence-electron chi connectivity index (χ2n) is 4.76. The van der Waals surface area contributed by atoms with Crippen LogP contribution in [0.4, 0.5) is 0 Å². The highest BCUT2D eigenvalue weighted by atomic mass is 15.6. The van der Waals surface area contributed by atoms with Crippen molar-refractivity contribution in [1.29, 1.82) is 0 Å². The average molecular weight is 167 g/mol. The Balaban J connectivity index is 1.91. The number of nitrogens with zero attached hydrogens (tertiary/aromatic N) is 2. The van der Waals surface area contributed by atoms with Crippen molar-refractivity contribution in [1.82, 2.24) is 4.90 Å². The summed E-state index contributed by atoms with van der Waals surface area (Å²) in [6, 6.07) is 0. The van der Waals surface area contributed by atoms with E-state index in [1.165, 1.54) is 62.9 Å². The molecule has 0 N–H and O–H groups in total. The van der Waals surface area contributed by atoms with Crippen molar-refractivity contribution in [2.24, 2.45) is 0 Å². The Labute approximate surface area is 74.7 Å². The van der Waals surface area contributed by atoms with Crippen LogP contribution < -0.4 is 0 Å². The SMILES string of the molecule is C1CC[N+]23CCCN(CC2)C3C1. The zero-order valence-corrected chi connectivity index (χ0v) is 7.84. The molecule has 3 rings (SSSR count). The van der Waals surface area contributed by atoms with Crippen molar-refractivity contribution in [2.75, 3.05) is 32.7 Å². The van der Waals surface area contributed by atoms with Gasteiger partial charge in [-0.25, -0.2) is 4.90 Å². The number of hydrogen-bond donors (Lipinski definition) is 0. The topological polar surface area (TPSA) is 3.24 Å². The zero-order valence-electron chi connectivity index (χ0n) is 7.84. The standard InChI is InChI=1S/C10H19N2/c1-2-7-12-8-3-5-11(6-9-12)10(12)4-1/h10H,1-9H2/q+1. The summed E-state index contributed by atoms with van der Waals surface area (Å²) < 4.78 is 1.49. The highest BCUT2D eigenvalue weighted by Gasteiger charge is 2.49. The van der Waals surface area contributed by atoms with Gasteiger partial charge < -0.3 is 4.48 Å². The van der Waals surface area contributed by atoms with E-state index in [4.69, 9.17) is 0 Å². The molecule has 0 aliphatic carbocycles.